The van der Waals surface area contributed by atoms with Crippen LogP contribution in [-0.2, 0) is 20.6 Å². The Labute approximate surface area is 206 Å². The minimum absolute atomic E-state index is 0.00658. The van der Waals surface area contributed by atoms with Gasteiger partial charge in [0.05, 0.1) is 31.4 Å². The number of hydrogen-bond donors (Lipinski definition) is 1. The van der Waals surface area contributed by atoms with Crippen molar-refractivity contribution in [3.05, 3.63) is 53.9 Å². The maximum atomic E-state index is 13.4. The first kappa shape index (κ1) is 25.2. The summed E-state index contributed by atoms with van der Waals surface area (Å²) in [4.78, 5) is 55.5. The fraction of sp³-hybridized carbons (Fsp3) is 0.304. The molecule has 1 atom stereocenters. The first-order valence-electron chi connectivity index (χ1n) is 10.9. The number of amides is 2. The predicted octanol–water partition coefficient (Wildman–Crippen LogP) is 1.84. The molecular weight excluding hydrogens is 491 g/mol. The summed E-state index contributed by atoms with van der Waals surface area (Å²) >= 11 is 0. The Balaban J connectivity index is 1.58. The number of aromatic nitrogens is 2. The minimum Gasteiger partial charge on any atom is -0.494 e. The van der Waals surface area contributed by atoms with Gasteiger partial charge >= 0.3 is 8.25 Å². The van der Waals surface area contributed by atoms with Gasteiger partial charge in [0.2, 0.25) is 5.88 Å². The second-order valence-corrected chi connectivity index (χ2v) is 8.58. The van der Waals surface area contributed by atoms with Crippen LogP contribution >= 0.6 is 8.25 Å². The van der Waals surface area contributed by atoms with Crippen molar-refractivity contribution in [2.45, 2.75) is 6.73 Å². The van der Waals surface area contributed by atoms with Crippen molar-refractivity contribution >= 4 is 36.8 Å². The molecule has 3 aromatic rings. The fourth-order valence-corrected chi connectivity index (χ4v) is 4.33. The summed E-state index contributed by atoms with van der Waals surface area (Å²) in [5.41, 5.74) is 0.831. The second kappa shape index (κ2) is 10.8. The summed E-state index contributed by atoms with van der Waals surface area (Å²) in [5, 5.41) is 0.261. The molecule has 0 bridgehead atoms. The fourth-order valence-electron chi connectivity index (χ4n) is 4.10. The largest absolute Gasteiger partial charge is 0.696 e. The molecule has 0 spiro atoms. The molecule has 36 heavy (non-hydrogen) atoms. The maximum Gasteiger partial charge on any atom is 0.696 e. The highest BCUT2D eigenvalue weighted by atomic mass is 31.1. The SMILES string of the molecule is COc1cnc(OC)c2c1c(C(=O)C(=O)N1CCN(C(=O)c3ccccc3)CC1)cn2CO[P+](=O)O. The molecule has 4 rings (SSSR count). The molecule has 0 saturated carbocycles. The molecule has 188 valence electrons. The Bertz CT molecular complexity index is 1320. The number of hydrogen-bond acceptors (Lipinski definition) is 8. The lowest BCUT2D eigenvalue weighted by molar-refractivity contribution is -0.127. The van der Waals surface area contributed by atoms with Gasteiger partial charge in [0.25, 0.3) is 17.6 Å². The molecule has 2 aromatic heterocycles. The summed E-state index contributed by atoms with van der Waals surface area (Å²) in [6.45, 7) is 0.560. The lowest BCUT2D eigenvalue weighted by atomic mass is 10.1. The average molecular weight is 515 g/mol. The number of carbonyl (C=O) groups excluding carboxylic acids is 3. The zero-order chi connectivity index (χ0) is 25.8. The van der Waals surface area contributed by atoms with Crippen molar-refractivity contribution in [1.82, 2.24) is 19.4 Å². The molecule has 2 amide bonds. The van der Waals surface area contributed by atoms with Crippen LogP contribution in [0.4, 0.5) is 0 Å². The van der Waals surface area contributed by atoms with Crippen molar-refractivity contribution in [3.63, 3.8) is 0 Å². The van der Waals surface area contributed by atoms with E-state index in [4.69, 9.17) is 18.9 Å². The van der Waals surface area contributed by atoms with Crippen LogP contribution in [0.2, 0.25) is 0 Å². The van der Waals surface area contributed by atoms with Crippen LogP contribution < -0.4 is 9.47 Å². The Morgan fingerprint density at radius 2 is 1.69 bits per heavy atom. The molecule has 0 aliphatic carbocycles. The number of rotatable bonds is 8. The van der Waals surface area contributed by atoms with E-state index in [1.165, 1.54) is 36.1 Å². The Morgan fingerprint density at radius 3 is 2.31 bits per heavy atom. The van der Waals surface area contributed by atoms with Gasteiger partial charge in [-0.25, -0.2) is 4.98 Å². The van der Waals surface area contributed by atoms with Crippen LogP contribution in [-0.4, -0.2) is 82.2 Å². The molecule has 1 fully saturated rings. The van der Waals surface area contributed by atoms with E-state index in [9.17, 15) is 18.9 Å². The topological polar surface area (TPSA) is 140 Å². The van der Waals surface area contributed by atoms with E-state index in [1.807, 2.05) is 6.07 Å². The van der Waals surface area contributed by atoms with E-state index in [2.05, 4.69) is 4.98 Å². The van der Waals surface area contributed by atoms with Gasteiger partial charge in [-0.15, -0.1) is 4.89 Å². The lowest BCUT2D eigenvalue weighted by Crippen LogP contribution is -2.52. The van der Waals surface area contributed by atoms with Gasteiger partial charge in [0, 0.05) is 42.5 Å². The number of ether oxygens (including phenoxy) is 2. The number of benzene rings is 1. The van der Waals surface area contributed by atoms with Crippen LogP contribution in [0.15, 0.2) is 42.7 Å². The van der Waals surface area contributed by atoms with Gasteiger partial charge in [-0.05, 0) is 12.1 Å². The molecule has 1 saturated heterocycles. The monoisotopic (exact) mass is 515 g/mol. The van der Waals surface area contributed by atoms with E-state index in [0.717, 1.165) is 0 Å². The minimum atomic E-state index is -2.92. The zero-order valence-electron chi connectivity index (χ0n) is 19.6. The van der Waals surface area contributed by atoms with Crippen LogP contribution in [0.1, 0.15) is 20.7 Å². The summed E-state index contributed by atoms with van der Waals surface area (Å²) < 4.78 is 27.9. The predicted molar refractivity (Wildman–Crippen MR) is 127 cm³/mol. The Kier molecular flexibility index (Phi) is 7.58. The van der Waals surface area contributed by atoms with E-state index in [1.54, 1.807) is 29.2 Å². The molecule has 1 aliphatic rings. The van der Waals surface area contributed by atoms with Gasteiger partial charge in [0.1, 0.15) is 11.3 Å². The molecule has 1 N–H and O–H groups in total. The molecular formula is C23H24N4O8P+. The highest BCUT2D eigenvalue weighted by molar-refractivity contribution is 7.32. The molecule has 12 nitrogen and oxygen atoms in total. The first-order valence-corrected chi connectivity index (χ1v) is 12.1. The number of Topliss-reactive ketones (excluding diaryl/α,β-unsaturated/α-hetero) is 1. The van der Waals surface area contributed by atoms with Crippen molar-refractivity contribution in [2.75, 3.05) is 40.4 Å². The second-order valence-electron chi connectivity index (χ2n) is 7.85. The first-order chi connectivity index (χ1) is 17.3. The van der Waals surface area contributed by atoms with Crippen LogP contribution in [0.25, 0.3) is 10.9 Å². The van der Waals surface area contributed by atoms with E-state index in [0.29, 0.717) is 5.56 Å². The van der Waals surface area contributed by atoms with Gasteiger partial charge in [-0.2, -0.15) is 0 Å². The lowest BCUT2D eigenvalue weighted by Gasteiger charge is -2.34. The van der Waals surface area contributed by atoms with Crippen LogP contribution in [0.5, 0.6) is 11.6 Å². The third kappa shape index (κ3) is 4.92. The number of pyridine rings is 1. The van der Waals surface area contributed by atoms with E-state index >= 15 is 0 Å². The van der Waals surface area contributed by atoms with Crippen molar-refractivity contribution < 1.29 is 37.8 Å². The summed E-state index contributed by atoms with van der Waals surface area (Å²) in [6.07, 6.45) is 2.69. The van der Waals surface area contributed by atoms with Crippen LogP contribution in [0.3, 0.4) is 0 Å². The van der Waals surface area contributed by atoms with E-state index < -0.39 is 26.7 Å². The molecule has 1 aliphatic heterocycles. The van der Waals surface area contributed by atoms with Crippen molar-refractivity contribution in [2.24, 2.45) is 0 Å². The number of fused-ring (bicyclic) bond motifs is 1. The molecule has 0 radical (unpaired) electrons. The quantitative estimate of drug-likeness (QED) is 0.270. The Morgan fingerprint density at radius 1 is 1.03 bits per heavy atom. The van der Waals surface area contributed by atoms with Gasteiger partial charge < -0.3 is 23.8 Å². The number of nitrogens with zero attached hydrogens (tertiary/aromatic N) is 4. The zero-order valence-corrected chi connectivity index (χ0v) is 20.5. The average Bonchev–Trinajstić information content (AvgIpc) is 3.30. The number of ketones is 1. The number of carbonyl (C=O) groups is 3. The summed E-state index contributed by atoms with van der Waals surface area (Å²) in [5.74, 6) is -1.35. The number of piperazine rings is 1. The molecule has 1 aromatic carbocycles. The summed E-state index contributed by atoms with van der Waals surface area (Å²) in [6, 6.07) is 8.85. The molecule has 1 unspecified atom stereocenters. The van der Waals surface area contributed by atoms with E-state index in [-0.39, 0.29) is 60.2 Å². The highest BCUT2D eigenvalue weighted by Crippen LogP contribution is 2.36. The number of methoxy groups -OCH3 is 2. The van der Waals surface area contributed by atoms with Crippen LogP contribution in [0, 0.1) is 0 Å². The summed E-state index contributed by atoms with van der Waals surface area (Å²) in [7, 11) is -0.150. The molecule has 13 heteroatoms. The standard InChI is InChI=1S/C23H23N4O8P/c1-33-17-12-24-21(34-2)19-18(17)16(13-27(19)14-35-36(31)32)20(28)23(30)26-10-8-25(9-11-26)22(29)15-6-4-3-5-7-15/h3-7,12-13H,8-11,14H2,1-2H3/p+1. The van der Waals surface area contributed by atoms with Crippen molar-refractivity contribution in [1.29, 1.82) is 0 Å². The van der Waals surface area contributed by atoms with Crippen molar-refractivity contribution in [3.8, 4) is 11.6 Å². The molecule has 3 heterocycles. The maximum absolute atomic E-state index is 13.4. The van der Waals surface area contributed by atoms with Gasteiger partial charge in [-0.3, -0.25) is 14.4 Å². The van der Waals surface area contributed by atoms with Gasteiger partial charge in [0.15, 0.2) is 6.73 Å². The normalized spacial score (nSPS) is 14.0. The third-order valence-corrected chi connectivity index (χ3v) is 6.20. The smallest absolute Gasteiger partial charge is 0.494 e. The van der Waals surface area contributed by atoms with Gasteiger partial charge in [-0.1, -0.05) is 22.7 Å². The third-order valence-electron chi connectivity index (χ3n) is 5.86. The Hall–Kier alpha value is -3.86. The highest BCUT2D eigenvalue weighted by Gasteiger charge is 2.32.